The van der Waals surface area contributed by atoms with Gasteiger partial charge in [-0.1, -0.05) is 36.4 Å². The van der Waals surface area contributed by atoms with E-state index in [0.717, 1.165) is 10.5 Å². The normalized spacial score (nSPS) is 10.1. The van der Waals surface area contributed by atoms with Crippen LogP contribution in [0.25, 0.3) is 0 Å². The number of benzene rings is 2. The Bertz CT molecular complexity index is 659. The van der Waals surface area contributed by atoms with Crippen LogP contribution >= 0.6 is 11.8 Å². The van der Waals surface area contributed by atoms with E-state index < -0.39 is 11.8 Å². The molecular formula is C17H18N2O2S. The molecule has 2 amide bonds. The zero-order chi connectivity index (χ0) is 15.9. The summed E-state index contributed by atoms with van der Waals surface area (Å²) in [6.45, 7) is 0.401. The number of nitrogens with one attached hydrogen (secondary N) is 1. The summed E-state index contributed by atoms with van der Waals surface area (Å²) in [7, 11) is 1.62. The van der Waals surface area contributed by atoms with Crippen LogP contribution in [0, 0.1) is 0 Å². The van der Waals surface area contributed by atoms with Gasteiger partial charge in [0.15, 0.2) is 0 Å². The molecule has 0 saturated carbocycles. The van der Waals surface area contributed by atoms with Crippen LogP contribution in [-0.4, -0.2) is 30.0 Å². The van der Waals surface area contributed by atoms with Gasteiger partial charge in [0.1, 0.15) is 0 Å². The summed E-state index contributed by atoms with van der Waals surface area (Å²) in [6, 6.07) is 17.0. The average Bonchev–Trinajstić information content (AvgIpc) is 2.55. The summed E-state index contributed by atoms with van der Waals surface area (Å²) in [5.41, 5.74) is 1.61. The molecule has 22 heavy (non-hydrogen) atoms. The Balaban J connectivity index is 1.97. The molecule has 0 aliphatic carbocycles. The van der Waals surface area contributed by atoms with Gasteiger partial charge in [-0.3, -0.25) is 9.59 Å². The molecule has 0 radical (unpaired) electrons. The first-order valence-corrected chi connectivity index (χ1v) is 8.07. The van der Waals surface area contributed by atoms with Crippen LogP contribution in [0.15, 0.2) is 59.5 Å². The smallest absolute Gasteiger partial charge is 0.313 e. The fourth-order valence-electron chi connectivity index (χ4n) is 1.99. The Morgan fingerprint density at radius 3 is 2.50 bits per heavy atom. The van der Waals surface area contributed by atoms with Crippen molar-refractivity contribution in [3.05, 3.63) is 60.2 Å². The Hall–Kier alpha value is -2.27. The summed E-state index contributed by atoms with van der Waals surface area (Å²) in [5, 5.41) is 2.64. The SMILES string of the molecule is CSc1cccc(NC(=O)C(=O)N(C)Cc2ccccc2)c1. The molecule has 0 heterocycles. The quantitative estimate of drug-likeness (QED) is 0.697. The largest absolute Gasteiger partial charge is 0.333 e. The van der Waals surface area contributed by atoms with Crippen LogP contribution in [0.3, 0.4) is 0 Å². The van der Waals surface area contributed by atoms with E-state index >= 15 is 0 Å². The van der Waals surface area contributed by atoms with E-state index in [9.17, 15) is 9.59 Å². The second-order valence-electron chi connectivity index (χ2n) is 4.83. The number of hydrogen-bond acceptors (Lipinski definition) is 3. The zero-order valence-corrected chi connectivity index (χ0v) is 13.4. The maximum atomic E-state index is 12.1. The van der Waals surface area contributed by atoms with E-state index in [0.29, 0.717) is 12.2 Å². The monoisotopic (exact) mass is 314 g/mol. The highest BCUT2D eigenvalue weighted by molar-refractivity contribution is 7.98. The number of anilines is 1. The lowest BCUT2D eigenvalue weighted by atomic mass is 10.2. The molecule has 0 aliphatic rings. The van der Waals surface area contributed by atoms with Gasteiger partial charge < -0.3 is 10.2 Å². The van der Waals surface area contributed by atoms with Gasteiger partial charge in [-0.05, 0) is 30.0 Å². The van der Waals surface area contributed by atoms with Crippen LogP contribution in [-0.2, 0) is 16.1 Å². The molecule has 0 saturated heterocycles. The lowest BCUT2D eigenvalue weighted by Gasteiger charge is -2.16. The second-order valence-corrected chi connectivity index (χ2v) is 5.71. The fraction of sp³-hybridized carbons (Fsp3) is 0.176. The van der Waals surface area contributed by atoms with Gasteiger partial charge >= 0.3 is 11.8 Å². The van der Waals surface area contributed by atoms with Gasteiger partial charge in [0.2, 0.25) is 0 Å². The Labute approximate surface area is 134 Å². The molecule has 5 heteroatoms. The molecule has 0 atom stereocenters. The van der Waals surface area contributed by atoms with E-state index in [1.54, 1.807) is 24.9 Å². The first-order valence-electron chi connectivity index (χ1n) is 6.84. The van der Waals surface area contributed by atoms with Crippen LogP contribution in [0.5, 0.6) is 0 Å². The minimum absolute atomic E-state index is 0.401. The lowest BCUT2D eigenvalue weighted by Crippen LogP contribution is -2.36. The van der Waals surface area contributed by atoms with Crippen LogP contribution in [0.2, 0.25) is 0 Å². The number of rotatable bonds is 4. The third-order valence-electron chi connectivity index (χ3n) is 3.13. The highest BCUT2D eigenvalue weighted by Crippen LogP contribution is 2.19. The highest BCUT2D eigenvalue weighted by Gasteiger charge is 2.18. The molecule has 4 nitrogen and oxygen atoms in total. The zero-order valence-electron chi connectivity index (χ0n) is 12.6. The highest BCUT2D eigenvalue weighted by atomic mass is 32.2. The minimum Gasteiger partial charge on any atom is -0.333 e. The molecule has 0 unspecified atom stereocenters. The number of amides is 2. The molecule has 1 N–H and O–H groups in total. The number of hydrogen-bond donors (Lipinski definition) is 1. The van der Waals surface area contributed by atoms with E-state index in [2.05, 4.69) is 5.32 Å². The Kier molecular flexibility index (Phi) is 5.61. The van der Waals surface area contributed by atoms with Crippen molar-refractivity contribution in [1.29, 1.82) is 0 Å². The van der Waals surface area contributed by atoms with Gasteiger partial charge in [-0.15, -0.1) is 11.8 Å². The third kappa shape index (κ3) is 4.36. The average molecular weight is 314 g/mol. The van der Waals surface area contributed by atoms with Crippen LogP contribution < -0.4 is 5.32 Å². The van der Waals surface area contributed by atoms with Gasteiger partial charge in [0, 0.05) is 24.2 Å². The van der Waals surface area contributed by atoms with Crippen molar-refractivity contribution >= 4 is 29.3 Å². The lowest BCUT2D eigenvalue weighted by molar-refractivity contribution is -0.142. The van der Waals surface area contributed by atoms with Crippen molar-refractivity contribution in [3.8, 4) is 0 Å². The molecule has 114 valence electrons. The van der Waals surface area contributed by atoms with Gasteiger partial charge in [0.05, 0.1) is 0 Å². The standard InChI is InChI=1S/C17H18N2O2S/c1-19(12-13-7-4-3-5-8-13)17(21)16(20)18-14-9-6-10-15(11-14)22-2/h3-11H,12H2,1-2H3,(H,18,20). The van der Waals surface area contributed by atoms with Crippen molar-refractivity contribution in [3.63, 3.8) is 0 Å². The van der Waals surface area contributed by atoms with Crippen molar-refractivity contribution in [1.82, 2.24) is 4.90 Å². The fourth-order valence-corrected chi connectivity index (χ4v) is 2.45. The predicted molar refractivity (Wildman–Crippen MR) is 89.8 cm³/mol. The number of thioether (sulfide) groups is 1. The number of likely N-dealkylation sites (N-methyl/N-ethyl adjacent to an activating group) is 1. The summed E-state index contributed by atoms with van der Waals surface area (Å²) in [5.74, 6) is -1.19. The molecular weight excluding hydrogens is 296 g/mol. The molecule has 2 aromatic carbocycles. The summed E-state index contributed by atoms with van der Waals surface area (Å²) in [6.07, 6.45) is 1.96. The van der Waals surface area contributed by atoms with Crippen LogP contribution in [0.4, 0.5) is 5.69 Å². The first kappa shape index (κ1) is 16.1. The summed E-state index contributed by atoms with van der Waals surface area (Å²) < 4.78 is 0. The van der Waals surface area contributed by atoms with Crippen molar-refractivity contribution in [2.24, 2.45) is 0 Å². The van der Waals surface area contributed by atoms with E-state index in [-0.39, 0.29) is 0 Å². The number of carbonyl (C=O) groups is 2. The van der Waals surface area contributed by atoms with E-state index in [1.165, 1.54) is 4.90 Å². The van der Waals surface area contributed by atoms with Gasteiger partial charge in [-0.2, -0.15) is 0 Å². The van der Waals surface area contributed by atoms with E-state index in [4.69, 9.17) is 0 Å². The predicted octanol–water partition coefficient (Wildman–Crippen LogP) is 3.01. The Morgan fingerprint density at radius 2 is 1.82 bits per heavy atom. The third-order valence-corrected chi connectivity index (χ3v) is 3.86. The molecule has 0 aliphatic heterocycles. The molecule has 0 spiro atoms. The summed E-state index contributed by atoms with van der Waals surface area (Å²) in [4.78, 5) is 26.6. The van der Waals surface area contributed by atoms with Crippen molar-refractivity contribution < 1.29 is 9.59 Å². The Morgan fingerprint density at radius 1 is 1.09 bits per heavy atom. The number of nitrogens with zero attached hydrogens (tertiary/aromatic N) is 1. The molecule has 0 bridgehead atoms. The van der Waals surface area contributed by atoms with Crippen LogP contribution in [0.1, 0.15) is 5.56 Å². The van der Waals surface area contributed by atoms with Crippen molar-refractivity contribution in [2.75, 3.05) is 18.6 Å². The molecule has 0 aromatic heterocycles. The molecule has 2 aromatic rings. The molecule has 2 rings (SSSR count). The molecule has 0 fully saturated rings. The first-order chi connectivity index (χ1) is 10.6. The number of carbonyl (C=O) groups excluding carboxylic acids is 2. The topological polar surface area (TPSA) is 49.4 Å². The summed E-state index contributed by atoms with van der Waals surface area (Å²) >= 11 is 1.58. The van der Waals surface area contributed by atoms with E-state index in [1.807, 2.05) is 54.8 Å². The maximum absolute atomic E-state index is 12.1. The second kappa shape index (κ2) is 7.66. The van der Waals surface area contributed by atoms with Gasteiger partial charge in [0.25, 0.3) is 0 Å². The maximum Gasteiger partial charge on any atom is 0.313 e. The van der Waals surface area contributed by atoms with Crippen molar-refractivity contribution in [2.45, 2.75) is 11.4 Å². The minimum atomic E-state index is -0.628. The van der Waals surface area contributed by atoms with Gasteiger partial charge in [-0.25, -0.2) is 0 Å².